The van der Waals surface area contributed by atoms with Crippen LogP contribution >= 0.6 is 0 Å². The van der Waals surface area contributed by atoms with Crippen LogP contribution in [0.4, 0.5) is 5.69 Å². The molecule has 1 N–H and O–H groups in total. The number of benzene rings is 2. The molecule has 0 saturated heterocycles. The number of nitrogens with zero attached hydrogens (tertiary/aromatic N) is 1. The number of aliphatic carboxylic acids is 1. The first-order valence-electron chi connectivity index (χ1n) is 7.64. The van der Waals surface area contributed by atoms with Crippen LogP contribution in [0.25, 0.3) is 0 Å². The molecule has 1 aliphatic rings. The van der Waals surface area contributed by atoms with Gasteiger partial charge in [-0.1, -0.05) is 24.3 Å². The summed E-state index contributed by atoms with van der Waals surface area (Å²) >= 11 is 0. The number of rotatable bonds is 4. The molecule has 0 radical (unpaired) electrons. The van der Waals surface area contributed by atoms with E-state index in [0.717, 1.165) is 0 Å². The van der Waals surface area contributed by atoms with E-state index in [4.69, 9.17) is 9.47 Å². The third kappa shape index (κ3) is 2.90. The predicted octanol–water partition coefficient (Wildman–Crippen LogP) is 2.58. The Morgan fingerprint density at radius 3 is 2.67 bits per heavy atom. The molecule has 0 aromatic heterocycles. The Balaban J connectivity index is 2.01. The Morgan fingerprint density at radius 1 is 1.21 bits per heavy atom. The van der Waals surface area contributed by atoms with Gasteiger partial charge in [0.05, 0.1) is 24.4 Å². The average Bonchev–Trinajstić information content (AvgIpc) is 2.61. The quantitative estimate of drug-likeness (QED) is 0.934. The largest absolute Gasteiger partial charge is 0.493 e. The van der Waals surface area contributed by atoms with Gasteiger partial charge in [0.15, 0.2) is 0 Å². The zero-order valence-electron chi connectivity index (χ0n) is 13.1. The number of carboxylic acid groups (broad SMARTS) is 1. The number of carboxylic acids is 1. The van der Waals surface area contributed by atoms with Crippen molar-refractivity contribution >= 4 is 17.6 Å². The lowest BCUT2D eigenvalue weighted by atomic mass is 10.1. The fraction of sp³-hybridized carbons (Fsp3) is 0.222. The Morgan fingerprint density at radius 2 is 1.92 bits per heavy atom. The molecule has 0 fully saturated rings. The third-order valence-electron chi connectivity index (χ3n) is 3.71. The van der Waals surface area contributed by atoms with Gasteiger partial charge in [0.2, 0.25) is 6.10 Å². The zero-order chi connectivity index (χ0) is 17.1. The summed E-state index contributed by atoms with van der Waals surface area (Å²) in [5.41, 5.74) is 0.937. The van der Waals surface area contributed by atoms with E-state index < -0.39 is 12.1 Å². The minimum atomic E-state index is -1.11. The zero-order valence-corrected chi connectivity index (χ0v) is 13.1. The highest BCUT2D eigenvalue weighted by Gasteiger charge is 2.34. The molecule has 0 saturated carbocycles. The van der Waals surface area contributed by atoms with Gasteiger partial charge in [-0.25, -0.2) is 4.79 Å². The van der Waals surface area contributed by atoms with Crippen molar-refractivity contribution in [2.45, 2.75) is 13.0 Å². The Kier molecular flexibility index (Phi) is 4.37. The molecule has 3 rings (SSSR count). The van der Waals surface area contributed by atoms with Crippen LogP contribution in [0.1, 0.15) is 17.3 Å². The van der Waals surface area contributed by atoms with Crippen molar-refractivity contribution in [1.82, 2.24) is 0 Å². The highest BCUT2D eigenvalue weighted by Crippen LogP contribution is 2.35. The smallest absolute Gasteiger partial charge is 0.346 e. The Labute approximate surface area is 139 Å². The molecule has 0 aliphatic carbocycles. The summed E-state index contributed by atoms with van der Waals surface area (Å²) in [6.07, 6.45) is -1.11. The van der Waals surface area contributed by atoms with Crippen LogP contribution in [0.5, 0.6) is 11.5 Å². The number of carbonyl (C=O) groups is 2. The molecule has 24 heavy (non-hydrogen) atoms. The van der Waals surface area contributed by atoms with Gasteiger partial charge in [0.25, 0.3) is 5.91 Å². The fourth-order valence-corrected chi connectivity index (χ4v) is 2.63. The van der Waals surface area contributed by atoms with E-state index in [2.05, 4.69) is 0 Å². The van der Waals surface area contributed by atoms with Crippen LogP contribution in [-0.4, -0.2) is 36.2 Å². The molecule has 1 aliphatic heterocycles. The molecule has 0 unspecified atom stereocenters. The summed E-state index contributed by atoms with van der Waals surface area (Å²) in [5, 5.41) is 9.29. The number of carbonyl (C=O) groups excluding carboxylic acids is 1. The number of amides is 1. The second-order valence-electron chi connectivity index (χ2n) is 5.26. The van der Waals surface area contributed by atoms with Crippen molar-refractivity contribution in [2.24, 2.45) is 0 Å². The van der Waals surface area contributed by atoms with Crippen LogP contribution in [0.15, 0.2) is 48.5 Å². The SMILES string of the molecule is CCOc1ccccc1C(=O)N1C[C@@H](C(=O)O)Oc2ccccc21. The molecule has 124 valence electrons. The molecule has 6 heteroatoms. The van der Waals surface area contributed by atoms with E-state index in [0.29, 0.717) is 29.4 Å². The molecule has 0 bridgehead atoms. The molecule has 2 aromatic carbocycles. The van der Waals surface area contributed by atoms with Crippen molar-refractivity contribution < 1.29 is 24.2 Å². The van der Waals surface area contributed by atoms with Gasteiger partial charge in [0, 0.05) is 0 Å². The summed E-state index contributed by atoms with van der Waals surface area (Å²) < 4.78 is 11.0. The second-order valence-corrected chi connectivity index (χ2v) is 5.26. The lowest BCUT2D eigenvalue weighted by Gasteiger charge is -2.33. The number of hydrogen-bond donors (Lipinski definition) is 1. The van der Waals surface area contributed by atoms with E-state index >= 15 is 0 Å². The summed E-state index contributed by atoms with van der Waals surface area (Å²) in [6, 6.07) is 13.8. The number of anilines is 1. The van der Waals surface area contributed by atoms with Crippen LogP contribution in [-0.2, 0) is 4.79 Å². The van der Waals surface area contributed by atoms with Crippen LogP contribution in [0.2, 0.25) is 0 Å². The van der Waals surface area contributed by atoms with Crippen LogP contribution in [0, 0.1) is 0 Å². The standard InChI is InChI=1S/C18H17NO5/c1-2-23-14-9-5-3-7-12(14)17(20)19-11-16(18(21)22)24-15-10-6-4-8-13(15)19/h3-10,16H,2,11H2,1H3,(H,21,22)/t16-/m0/s1. The molecule has 0 spiro atoms. The third-order valence-corrected chi connectivity index (χ3v) is 3.71. The second kappa shape index (κ2) is 6.62. The van der Waals surface area contributed by atoms with Crippen LogP contribution < -0.4 is 14.4 Å². The van der Waals surface area contributed by atoms with E-state index in [1.807, 2.05) is 6.92 Å². The Bertz CT molecular complexity index is 774. The summed E-state index contributed by atoms with van der Waals surface area (Å²) in [6.45, 7) is 2.21. The number of ether oxygens (including phenoxy) is 2. The van der Waals surface area contributed by atoms with Crippen molar-refractivity contribution in [3.8, 4) is 11.5 Å². The van der Waals surface area contributed by atoms with Gasteiger partial charge in [-0.15, -0.1) is 0 Å². The molecule has 1 heterocycles. The van der Waals surface area contributed by atoms with Crippen molar-refractivity contribution in [1.29, 1.82) is 0 Å². The summed E-state index contributed by atoms with van der Waals surface area (Å²) in [5.74, 6) is -0.583. The van der Waals surface area contributed by atoms with Crippen molar-refractivity contribution in [3.05, 3.63) is 54.1 Å². The summed E-state index contributed by atoms with van der Waals surface area (Å²) in [7, 11) is 0. The van der Waals surface area contributed by atoms with Crippen molar-refractivity contribution in [2.75, 3.05) is 18.1 Å². The first kappa shape index (κ1) is 15.9. The van der Waals surface area contributed by atoms with E-state index in [-0.39, 0.29) is 12.5 Å². The van der Waals surface area contributed by atoms with E-state index in [1.165, 1.54) is 4.90 Å². The molecular weight excluding hydrogens is 310 g/mol. The number of para-hydroxylation sites is 3. The highest BCUT2D eigenvalue weighted by atomic mass is 16.5. The predicted molar refractivity (Wildman–Crippen MR) is 87.8 cm³/mol. The maximum absolute atomic E-state index is 13.0. The van der Waals surface area contributed by atoms with Gasteiger partial charge in [-0.2, -0.15) is 0 Å². The molecule has 1 atom stereocenters. The fourth-order valence-electron chi connectivity index (χ4n) is 2.63. The number of fused-ring (bicyclic) bond motifs is 1. The van der Waals surface area contributed by atoms with Gasteiger partial charge >= 0.3 is 5.97 Å². The topological polar surface area (TPSA) is 76.1 Å². The lowest BCUT2D eigenvalue weighted by Crippen LogP contribution is -2.47. The molecular formula is C18H17NO5. The first-order chi connectivity index (χ1) is 11.6. The minimum Gasteiger partial charge on any atom is -0.493 e. The summed E-state index contributed by atoms with van der Waals surface area (Å²) in [4.78, 5) is 25.8. The molecule has 1 amide bonds. The normalized spacial score (nSPS) is 16.0. The highest BCUT2D eigenvalue weighted by molar-refractivity contribution is 6.09. The monoisotopic (exact) mass is 327 g/mol. The maximum atomic E-state index is 13.0. The maximum Gasteiger partial charge on any atom is 0.346 e. The van der Waals surface area contributed by atoms with Gasteiger partial charge in [-0.3, -0.25) is 4.79 Å². The van der Waals surface area contributed by atoms with Crippen molar-refractivity contribution in [3.63, 3.8) is 0 Å². The number of hydrogen-bond acceptors (Lipinski definition) is 4. The lowest BCUT2D eigenvalue weighted by molar-refractivity contribution is -0.144. The van der Waals surface area contributed by atoms with Crippen LogP contribution in [0.3, 0.4) is 0 Å². The first-order valence-corrected chi connectivity index (χ1v) is 7.64. The van der Waals surface area contributed by atoms with E-state index in [1.54, 1.807) is 48.5 Å². The van der Waals surface area contributed by atoms with Gasteiger partial charge in [0.1, 0.15) is 11.5 Å². The van der Waals surface area contributed by atoms with Gasteiger partial charge < -0.3 is 19.5 Å². The molecule has 6 nitrogen and oxygen atoms in total. The van der Waals surface area contributed by atoms with Gasteiger partial charge in [-0.05, 0) is 31.2 Å². The molecule has 2 aromatic rings. The minimum absolute atomic E-state index is 0.0638. The Hall–Kier alpha value is -3.02. The average molecular weight is 327 g/mol. The van der Waals surface area contributed by atoms with E-state index in [9.17, 15) is 14.7 Å².